The van der Waals surface area contributed by atoms with Crippen LogP contribution in [0.5, 0.6) is 0 Å². The quantitative estimate of drug-likeness (QED) is 0.716. The average Bonchev–Trinajstić information content (AvgIpc) is 2.46. The van der Waals surface area contributed by atoms with Crippen LogP contribution in [0, 0.1) is 17.7 Å². The minimum atomic E-state index is -0.321. The molecule has 0 bridgehead atoms. The molecule has 0 atom stereocenters. The molecule has 2 nitrogen and oxygen atoms in total. The van der Waals surface area contributed by atoms with Gasteiger partial charge in [0.05, 0.1) is 0 Å². The summed E-state index contributed by atoms with van der Waals surface area (Å²) in [4.78, 5) is 13.3. The third-order valence-corrected chi connectivity index (χ3v) is 2.61. The zero-order chi connectivity index (χ0) is 13.7. The molecule has 0 radical (unpaired) electrons. The highest BCUT2D eigenvalue weighted by Gasteiger charge is 2.06. The van der Waals surface area contributed by atoms with Crippen LogP contribution in [0.4, 0.5) is 10.1 Å². The molecule has 0 spiro atoms. The fraction of sp³-hybridized carbons (Fsp3) is 0.0625. The first-order valence-corrected chi connectivity index (χ1v) is 5.77. The van der Waals surface area contributed by atoms with Gasteiger partial charge in [0.15, 0.2) is 0 Å². The monoisotopic (exact) mass is 253 g/mol. The van der Waals surface area contributed by atoms with Gasteiger partial charge < -0.3 is 4.90 Å². The molecule has 0 saturated heterocycles. The maximum atomic E-state index is 12.7. The van der Waals surface area contributed by atoms with Gasteiger partial charge in [0.2, 0.25) is 0 Å². The molecule has 19 heavy (non-hydrogen) atoms. The van der Waals surface area contributed by atoms with E-state index in [1.54, 1.807) is 7.05 Å². The zero-order valence-electron chi connectivity index (χ0n) is 10.4. The molecule has 0 aliphatic heterocycles. The van der Waals surface area contributed by atoms with Crippen molar-refractivity contribution in [1.29, 1.82) is 0 Å². The second kappa shape index (κ2) is 5.83. The molecule has 2 rings (SSSR count). The largest absolute Gasteiger partial charge is 0.305 e. The lowest BCUT2D eigenvalue weighted by Gasteiger charge is -2.13. The number of nitrogens with zero attached hydrogens (tertiary/aromatic N) is 1. The smallest absolute Gasteiger partial charge is 0.302 e. The van der Waals surface area contributed by atoms with Gasteiger partial charge in [-0.3, -0.25) is 4.79 Å². The number of para-hydroxylation sites is 1. The molecule has 0 unspecified atom stereocenters. The van der Waals surface area contributed by atoms with Gasteiger partial charge in [0.25, 0.3) is 0 Å². The van der Waals surface area contributed by atoms with E-state index in [4.69, 9.17) is 0 Å². The van der Waals surface area contributed by atoms with E-state index in [0.717, 1.165) is 5.69 Å². The summed E-state index contributed by atoms with van der Waals surface area (Å²) < 4.78 is 12.7. The maximum Gasteiger partial charge on any atom is 0.302 e. The zero-order valence-corrected chi connectivity index (χ0v) is 10.4. The van der Waals surface area contributed by atoms with Crippen molar-refractivity contribution < 1.29 is 9.18 Å². The molecule has 0 fully saturated rings. The van der Waals surface area contributed by atoms with Gasteiger partial charge in [-0.2, -0.15) is 0 Å². The van der Waals surface area contributed by atoms with Gasteiger partial charge in [-0.15, -0.1) is 0 Å². The van der Waals surface area contributed by atoms with Crippen molar-refractivity contribution in [2.45, 2.75) is 0 Å². The van der Waals surface area contributed by atoms with Crippen molar-refractivity contribution in [2.75, 3.05) is 11.9 Å². The van der Waals surface area contributed by atoms with E-state index >= 15 is 0 Å². The first-order valence-electron chi connectivity index (χ1n) is 5.77. The maximum absolute atomic E-state index is 12.7. The summed E-state index contributed by atoms with van der Waals surface area (Å²) in [5.74, 6) is 4.61. The summed E-state index contributed by atoms with van der Waals surface area (Å²) in [5, 5.41) is 0. The molecule has 2 aromatic carbocycles. The molecular weight excluding hydrogens is 241 g/mol. The van der Waals surface area contributed by atoms with E-state index in [9.17, 15) is 9.18 Å². The molecule has 0 aliphatic carbocycles. The first-order chi connectivity index (χ1) is 9.16. The van der Waals surface area contributed by atoms with Crippen molar-refractivity contribution in [3.63, 3.8) is 0 Å². The Bertz CT molecular complexity index is 623. The van der Waals surface area contributed by atoms with Crippen LogP contribution in [0.2, 0.25) is 0 Å². The predicted octanol–water partition coefficient (Wildman–Crippen LogP) is 2.84. The van der Waals surface area contributed by atoms with Crippen LogP contribution in [0.15, 0.2) is 54.6 Å². The Morgan fingerprint density at radius 2 is 1.68 bits per heavy atom. The molecular formula is C16H12FNO. The summed E-state index contributed by atoms with van der Waals surface area (Å²) in [6, 6.07) is 15.0. The Morgan fingerprint density at radius 3 is 2.32 bits per heavy atom. The molecule has 3 heteroatoms. The molecule has 0 aliphatic rings. The van der Waals surface area contributed by atoms with E-state index in [0.29, 0.717) is 5.56 Å². The Labute approximate surface area is 111 Å². The number of halogens is 1. The van der Waals surface area contributed by atoms with Crippen LogP contribution in [-0.4, -0.2) is 13.0 Å². The first kappa shape index (κ1) is 12.8. The Hall–Kier alpha value is -2.60. The number of amides is 1. The van der Waals surface area contributed by atoms with Gasteiger partial charge in [-0.25, -0.2) is 4.39 Å². The second-order valence-corrected chi connectivity index (χ2v) is 3.96. The van der Waals surface area contributed by atoms with Crippen LogP contribution >= 0.6 is 0 Å². The molecule has 2 aromatic rings. The van der Waals surface area contributed by atoms with Crippen molar-refractivity contribution in [2.24, 2.45) is 0 Å². The molecule has 0 aromatic heterocycles. The van der Waals surface area contributed by atoms with Crippen molar-refractivity contribution >= 4 is 11.6 Å². The minimum absolute atomic E-state index is 0.310. The van der Waals surface area contributed by atoms with Gasteiger partial charge in [0.1, 0.15) is 5.82 Å². The summed E-state index contributed by atoms with van der Waals surface area (Å²) in [7, 11) is 1.66. The van der Waals surface area contributed by atoms with Gasteiger partial charge >= 0.3 is 5.91 Å². The lowest BCUT2D eigenvalue weighted by Crippen LogP contribution is -2.24. The third kappa shape index (κ3) is 3.43. The standard InChI is InChI=1S/C16H12FNO/c1-18(15-5-3-2-4-6-15)16(19)12-9-13-7-10-14(17)11-8-13/h2-8,10-11H,1H3. The fourth-order valence-electron chi connectivity index (χ4n) is 1.51. The number of anilines is 1. The lowest BCUT2D eigenvalue weighted by atomic mass is 10.2. The van der Waals surface area contributed by atoms with Gasteiger partial charge in [-0.1, -0.05) is 24.1 Å². The molecule has 0 N–H and O–H groups in total. The fourth-order valence-corrected chi connectivity index (χ4v) is 1.51. The second-order valence-electron chi connectivity index (χ2n) is 3.96. The van der Waals surface area contributed by atoms with Crippen molar-refractivity contribution in [3.8, 4) is 11.8 Å². The number of carbonyl (C=O) groups excluding carboxylic acids is 1. The van der Waals surface area contributed by atoms with E-state index in [1.807, 2.05) is 30.3 Å². The van der Waals surface area contributed by atoms with Crippen molar-refractivity contribution in [1.82, 2.24) is 0 Å². The number of benzene rings is 2. The van der Waals surface area contributed by atoms with E-state index < -0.39 is 0 Å². The van der Waals surface area contributed by atoms with Crippen LogP contribution in [0.25, 0.3) is 0 Å². The number of hydrogen-bond acceptors (Lipinski definition) is 1. The Balaban J connectivity index is 2.12. The van der Waals surface area contributed by atoms with E-state index in [-0.39, 0.29) is 11.7 Å². The van der Waals surface area contributed by atoms with Gasteiger partial charge in [0, 0.05) is 24.2 Å². The highest BCUT2D eigenvalue weighted by molar-refractivity contribution is 6.05. The van der Waals surface area contributed by atoms with Crippen molar-refractivity contribution in [3.05, 3.63) is 66.0 Å². The molecule has 0 heterocycles. The third-order valence-electron chi connectivity index (χ3n) is 2.61. The number of hydrogen-bond donors (Lipinski definition) is 0. The Morgan fingerprint density at radius 1 is 1.05 bits per heavy atom. The predicted molar refractivity (Wildman–Crippen MR) is 73.1 cm³/mol. The molecule has 1 amide bonds. The van der Waals surface area contributed by atoms with Crippen LogP contribution in [0.3, 0.4) is 0 Å². The molecule has 94 valence electrons. The SMILES string of the molecule is CN(C(=O)C#Cc1ccc(F)cc1)c1ccccc1. The van der Waals surface area contributed by atoms with E-state index in [2.05, 4.69) is 11.8 Å². The van der Waals surface area contributed by atoms with Crippen LogP contribution < -0.4 is 4.90 Å². The van der Waals surface area contributed by atoms with Gasteiger partial charge in [-0.05, 0) is 36.4 Å². The Kier molecular flexibility index (Phi) is 3.94. The average molecular weight is 253 g/mol. The minimum Gasteiger partial charge on any atom is -0.305 e. The number of rotatable bonds is 1. The van der Waals surface area contributed by atoms with Crippen LogP contribution in [0.1, 0.15) is 5.56 Å². The van der Waals surface area contributed by atoms with E-state index in [1.165, 1.54) is 29.2 Å². The summed E-state index contributed by atoms with van der Waals surface area (Å²) in [5.41, 5.74) is 1.39. The lowest BCUT2D eigenvalue weighted by molar-refractivity contribution is -0.113. The summed E-state index contributed by atoms with van der Waals surface area (Å²) >= 11 is 0. The topological polar surface area (TPSA) is 20.3 Å². The normalized spacial score (nSPS) is 9.37. The molecule has 0 saturated carbocycles. The highest BCUT2D eigenvalue weighted by atomic mass is 19.1. The highest BCUT2D eigenvalue weighted by Crippen LogP contribution is 2.10. The number of carbonyl (C=O) groups is 1. The van der Waals surface area contributed by atoms with Crippen LogP contribution in [-0.2, 0) is 4.79 Å². The summed E-state index contributed by atoms with van der Waals surface area (Å²) in [6.07, 6.45) is 0. The summed E-state index contributed by atoms with van der Waals surface area (Å²) in [6.45, 7) is 0.